The number of amides is 1. The summed E-state index contributed by atoms with van der Waals surface area (Å²) in [6.07, 6.45) is 2.36. The van der Waals surface area contributed by atoms with Crippen LogP contribution in [-0.2, 0) is 4.79 Å². The number of carbonyl (C=O) groups is 1. The number of aromatic hydroxyl groups is 1. The molecule has 1 atom stereocenters. The lowest BCUT2D eigenvalue weighted by Crippen LogP contribution is -2.24. The van der Waals surface area contributed by atoms with Crippen molar-refractivity contribution in [2.45, 2.75) is 13.3 Å². The predicted octanol–water partition coefficient (Wildman–Crippen LogP) is 2.24. The van der Waals surface area contributed by atoms with E-state index >= 15 is 0 Å². The van der Waals surface area contributed by atoms with Gasteiger partial charge in [0, 0.05) is 24.6 Å². The number of phenolic OH excluding ortho intramolecular Hbond substituents is 1. The van der Waals surface area contributed by atoms with Crippen molar-refractivity contribution in [3.8, 4) is 5.75 Å². The standard InChI is InChI=1S/C13H15NO2/c1-3-10-7-13(16)14(8-10)11-4-5-12(15)9(2)6-11/h3-6,10,15H,1,7-8H2,2H3. The first kappa shape index (κ1) is 10.7. The molecule has 3 nitrogen and oxygen atoms in total. The fourth-order valence-corrected chi connectivity index (χ4v) is 1.95. The topological polar surface area (TPSA) is 40.5 Å². The van der Waals surface area contributed by atoms with Gasteiger partial charge in [-0.15, -0.1) is 6.58 Å². The quantitative estimate of drug-likeness (QED) is 0.772. The van der Waals surface area contributed by atoms with Crippen LogP contribution in [0.1, 0.15) is 12.0 Å². The Morgan fingerprint density at radius 2 is 2.31 bits per heavy atom. The summed E-state index contributed by atoms with van der Waals surface area (Å²) < 4.78 is 0. The lowest BCUT2D eigenvalue weighted by Gasteiger charge is -2.17. The van der Waals surface area contributed by atoms with Crippen LogP contribution in [0.4, 0.5) is 5.69 Å². The molecular weight excluding hydrogens is 202 g/mol. The Morgan fingerprint density at radius 3 is 2.88 bits per heavy atom. The van der Waals surface area contributed by atoms with Gasteiger partial charge in [0.2, 0.25) is 5.91 Å². The molecule has 0 aliphatic carbocycles. The van der Waals surface area contributed by atoms with Gasteiger partial charge in [-0.05, 0) is 30.7 Å². The van der Waals surface area contributed by atoms with Crippen LogP contribution in [0.2, 0.25) is 0 Å². The van der Waals surface area contributed by atoms with Gasteiger partial charge in [0.1, 0.15) is 5.75 Å². The average Bonchev–Trinajstić information content (AvgIpc) is 2.64. The molecule has 2 rings (SSSR count). The van der Waals surface area contributed by atoms with E-state index in [0.717, 1.165) is 11.3 Å². The third-order valence-electron chi connectivity index (χ3n) is 2.98. The van der Waals surface area contributed by atoms with Gasteiger partial charge in [0.25, 0.3) is 0 Å². The van der Waals surface area contributed by atoms with Crippen molar-refractivity contribution >= 4 is 11.6 Å². The lowest BCUT2D eigenvalue weighted by molar-refractivity contribution is -0.117. The number of rotatable bonds is 2. The van der Waals surface area contributed by atoms with E-state index in [1.54, 1.807) is 17.0 Å². The van der Waals surface area contributed by atoms with E-state index in [0.29, 0.717) is 13.0 Å². The minimum Gasteiger partial charge on any atom is -0.508 e. The van der Waals surface area contributed by atoms with Crippen molar-refractivity contribution in [1.82, 2.24) is 0 Å². The molecule has 1 aliphatic rings. The van der Waals surface area contributed by atoms with E-state index in [1.165, 1.54) is 0 Å². The van der Waals surface area contributed by atoms with Gasteiger partial charge in [-0.25, -0.2) is 0 Å². The highest BCUT2D eigenvalue weighted by Crippen LogP contribution is 2.28. The number of hydrogen-bond donors (Lipinski definition) is 1. The maximum absolute atomic E-state index is 11.8. The third-order valence-corrected chi connectivity index (χ3v) is 2.98. The Kier molecular flexibility index (Phi) is 2.69. The molecule has 1 aromatic rings. The summed E-state index contributed by atoms with van der Waals surface area (Å²) in [5, 5.41) is 9.43. The molecule has 1 N–H and O–H groups in total. The second-order valence-electron chi connectivity index (χ2n) is 4.18. The van der Waals surface area contributed by atoms with Crippen molar-refractivity contribution in [3.05, 3.63) is 36.4 Å². The van der Waals surface area contributed by atoms with E-state index in [-0.39, 0.29) is 17.6 Å². The molecule has 0 saturated carbocycles. The van der Waals surface area contributed by atoms with E-state index in [2.05, 4.69) is 6.58 Å². The maximum Gasteiger partial charge on any atom is 0.227 e. The molecule has 1 aliphatic heterocycles. The molecule has 16 heavy (non-hydrogen) atoms. The summed E-state index contributed by atoms with van der Waals surface area (Å²) >= 11 is 0. The Bertz CT molecular complexity index is 440. The zero-order valence-corrected chi connectivity index (χ0v) is 9.31. The van der Waals surface area contributed by atoms with Crippen molar-refractivity contribution in [2.75, 3.05) is 11.4 Å². The number of hydrogen-bond acceptors (Lipinski definition) is 2. The average molecular weight is 217 g/mol. The SMILES string of the molecule is C=CC1CC(=O)N(c2ccc(O)c(C)c2)C1. The number of aryl methyl sites for hydroxylation is 1. The highest BCUT2D eigenvalue weighted by Gasteiger charge is 2.28. The van der Waals surface area contributed by atoms with Gasteiger partial charge in [-0.3, -0.25) is 4.79 Å². The number of anilines is 1. The zero-order valence-electron chi connectivity index (χ0n) is 9.31. The highest BCUT2D eigenvalue weighted by molar-refractivity contribution is 5.96. The Labute approximate surface area is 95.0 Å². The minimum absolute atomic E-state index is 0.120. The van der Waals surface area contributed by atoms with Crippen molar-refractivity contribution < 1.29 is 9.90 Å². The molecule has 1 aromatic carbocycles. The summed E-state index contributed by atoms with van der Waals surface area (Å²) in [5.74, 6) is 0.618. The third kappa shape index (κ3) is 1.81. The summed E-state index contributed by atoms with van der Waals surface area (Å²) in [7, 11) is 0. The van der Waals surface area contributed by atoms with Crippen LogP contribution in [0.15, 0.2) is 30.9 Å². The molecular formula is C13H15NO2. The van der Waals surface area contributed by atoms with Crippen molar-refractivity contribution in [1.29, 1.82) is 0 Å². The zero-order chi connectivity index (χ0) is 11.7. The van der Waals surface area contributed by atoms with Crippen LogP contribution in [-0.4, -0.2) is 17.6 Å². The number of benzene rings is 1. The Balaban J connectivity index is 2.27. The van der Waals surface area contributed by atoms with Gasteiger partial charge < -0.3 is 10.0 Å². The number of phenols is 1. The molecule has 0 aromatic heterocycles. The van der Waals surface area contributed by atoms with Crippen LogP contribution >= 0.6 is 0 Å². The molecule has 1 unspecified atom stereocenters. The number of carbonyl (C=O) groups excluding carboxylic acids is 1. The number of nitrogens with zero attached hydrogens (tertiary/aromatic N) is 1. The summed E-state index contributed by atoms with van der Waals surface area (Å²) in [5.41, 5.74) is 1.64. The fourth-order valence-electron chi connectivity index (χ4n) is 1.95. The van der Waals surface area contributed by atoms with E-state index in [1.807, 2.05) is 19.1 Å². The van der Waals surface area contributed by atoms with Crippen LogP contribution in [0, 0.1) is 12.8 Å². The van der Waals surface area contributed by atoms with E-state index in [9.17, 15) is 9.90 Å². The minimum atomic E-state index is 0.120. The van der Waals surface area contributed by atoms with Crippen LogP contribution in [0.25, 0.3) is 0 Å². The molecule has 1 saturated heterocycles. The van der Waals surface area contributed by atoms with Crippen molar-refractivity contribution in [2.24, 2.45) is 5.92 Å². The molecule has 0 spiro atoms. The molecule has 3 heteroatoms. The second kappa shape index (κ2) is 4.00. The normalized spacial score (nSPS) is 20.2. The highest BCUT2D eigenvalue weighted by atomic mass is 16.3. The predicted molar refractivity (Wildman–Crippen MR) is 63.5 cm³/mol. The second-order valence-corrected chi connectivity index (χ2v) is 4.18. The molecule has 1 heterocycles. The van der Waals surface area contributed by atoms with Gasteiger partial charge in [0.05, 0.1) is 0 Å². The lowest BCUT2D eigenvalue weighted by atomic mass is 10.1. The molecule has 1 fully saturated rings. The monoisotopic (exact) mass is 217 g/mol. The Hall–Kier alpha value is -1.77. The molecule has 0 radical (unpaired) electrons. The van der Waals surface area contributed by atoms with E-state index in [4.69, 9.17) is 0 Å². The van der Waals surface area contributed by atoms with Gasteiger partial charge in [0.15, 0.2) is 0 Å². The van der Waals surface area contributed by atoms with Crippen LogP contribution in [0.5, 0.6) is 5.75 Å². The smallest absolute Gasteiger partial charge is 0.227 e. The first-order valence-electron chi connectivity index (χ1n) is 5.34. The van der Waals surface area contributed by atoms with Crippen molar-refractivity contribution in [3.63, 3.8) is 0 Å². The van der Waals surface area contributed by atoms with Gasteiger partial charge in [-0.2, -0.15) is 0 Å². The first-order chi connectivity index (χ1) is 7.61. The van der Waals surface area contributed by atoms with Crippen LogP contribution in [0.3, 0.4) is 0 Å². The van der Waals surface area contributed by atoms with E-state index < -0.39 is 0 Å². The Morgan fingerprint density at radius 1 is 1.56 bits per heavy atom. The first-order valence-corrected chi connectivity index (χ1v) is 5.34. The largest absolute Gasteiger partial charge is 0.508 e. The molecule has 1 amide bonds. The van der Waals surface area contributed by atoms with Gasteiger partial charge >= 0.3 is 0 Å². The fraction of sp³-hybridized carbons (Fsp3) is 0.308. The van der Waals surface area contributed by atoms with Crippen LogP contribution < -0.4 is 4.90 Å². The maximum atomic E-state index is 11.8. The molecule has 84 valence electrons. The summed E-state index contributed by atoms with van der Waals surface area (Å²) in [6.45, 7) is 6.23. The molecule has 0 bridgehead atoms. The summed E-state index contributed by atoms with van der Waals surface area (Å²) in [6, 6.07) is 5.23. The van der Waals surface area contributed by atoms with Gasteiger partial charge in [-0.1, -0.05) is 6.08 Å². The summed E-state index contributed by atoms with van der Waals surface area (Å²) in [4.78, 5) is 13.5.